The van der Waals surface area contributed by atoms with Crippen molar-refractivity contribution in [3.05, 3.63) is 0 Å². The maximum atomic E-state index is 2.28. The summed E-state index contributed by atoms with van der Waals surface area (Å²) in [6, 6.07) is 0. The van der Waals surface area contributed by atoms with E-state index in [1.807, 2.05) is 0 Å². The van der Waals surface area contributed by atoms with E-state index in [4.69, 9.17) is 0 Å². The Morgan fingerprint density at radius 2 is 1.56 bits per heavy atom. The molecular weight excluding hydrogens is 110 g/mol. The first-order chi connectivity index (χ1) is 4.30. The van der Waals surface area contributed by atoms with Crippen molar-refractivity contribution in [2.75, 3.05) is 14.1 Å². The minimum Gasteiger partial charge on any atom is -0.242 e. The van der Waals surface area contributed by atoms with Gasteiger partial charge in [0, 0.05) is 12.8 Å². The average Bonchev–Trinajstić information content (AvgIpc) is 1.90. The lowest BCUT2D eigenvalue weighted by molar-refractivity contribution is -0.467. The van der Waals surface area contributed by atoms with Crippen molar-refractivity contribution in [1.82, 2.24) is 0 Å². The van der Waals surface area contributed by atoms with Crippen LogP contribution in [0.4, 0.5) is 0 Å². The van der Waals surface area contributed by atoms with Crippen molar-refractivity contribution in [3.63, 3.8) is 0 Å². The summed E-state index contributed by atoms with van der Waals surface area (Å²) in [5, 5.41) is 0. The van der Waals surface area contributed by atoms with Crippen molar-refractivity contribution >= 4 is 5.71 Å². The normalized spacial score (nSPS) is 20.0. The van der Waals surface area contributed by atoms with Crippen LogP contribution in [0.2, 0.25) is 0 Å². The van der Waals surface area contributed by atoms with E-state index in [-0.39, 0.29) is 0 Å². The van der Waals surface area contributed by atoms with Gasteiger partial charge < -0.3 is 0 Å². The predicted octanol–water partition coefficient (Wildman–Crippen LogP) is 1.66. The van der Waals surface area contributed by atoms with Gasteiger partial charge in [-0.25, -0.2) is 4.58 Å². The Morgan fingerprint density at radius 1 is 1.00 bits per heavy atom. The van der Waals surface area contributed by atoms with Gasteiger partial charge in [-0.15, -0.1) is 0 Å². The summed E-state index contributed by atoms with van der Waals surface area (Å²) in [6.45, 7) is 0. The highest BCUT2D eigenvalue weighted by molar-refractivity contribution is 5.80. The van der Waals surface area contributed by atoms with Crippen molar-refractivity contribution in [2.24, 2.45) is 0 Å². The summed E-state index contributed by atoms with van der Waals surface area (Å²) < 4.78 is 2.28. The second kappa shape index (κ2) is 3.00. The molecule has 52 valence electrons. The quantitative estimate of drug-likeness (QED) is 0.434. The molecule has 0 bridgehead atoms. The third-order valence-corrected chi connectivity index (χ3v) is 2.06. The van der Waals surface area contributed by atoms with Gasteiger partial charge in [0.25, 0.3) is 0 Å². The van der Waals surface area contributed by atoms with Gasteiger partial charge in [0.05, 0.1) is 0 Å². The number of nitrogens with zero attached hydrogens (tertiary/aromatic N) is 1. The smallest absolute Gasteiger partial charge is 0.151 e. The van der Waals surface area contributed by atoms with E-state index in [1.165, 1.54) is 32.1 Å². The molecule has 0 spiro atoms. The highest BCUT2D eigenvalue weighted by atomic mass is 14.9. The Balaban J connectivity index is 2.49. The largest absolute Gasteiger partial charge is 0.242 e. The summed E-state index contributed by atoms with van der Waals surface area (Å²) in [5.41, 5.74) is 1.64. The molecule has 0 unspecified atom stereocenters. The van der Waals surface area contributed by atoms with Crippen LogP contribution in [0.25, 0.3) is 0 Å². The van der Waals surface area contributed by atoms with E-state index < -0.39 is 0 Å². The van der Waals surface area contributed by atoms with Crippen LogP contribution in [-0.4, -0.2) is 24.4 Å². The molecule has 0 radical (unpaired) electrons. The Morgan fingerprint density at radius 3 is 1.89 bits per heavy atom. The third-order valence-electron chi connectivity index (χ3n) is 2.06. The van der Waals surface area contributed by atoms with E-state index in [1.54, 1.807) is 5.71 Å². The molecule has 0 saturated heterocycles. The molecule has 1 heteroatoms. The van der Waals surface area contributed by atoms with Gasteiger partial charge in [0.2, 0.25) is 0 Å². The molecule has 0 aromatic carbocycles. The van der Waals surface area contributed by atoms with E-state index in [0.717, 1.165) is 0 Å². The molecule has 0 heterocycles. The van der Waals surface area contributed by atoms with Crippen LogP contribution in [0, 0.1) is 0 Å². The maximum absolute atomic E-state index is 2.28. The molecule has 1 aliphatic rings. The Kier molecular flexibility index (Phi) is 2.26. The van der Waals surface area contributed by atoms with Gasteiger partial charge in [0.15, 0.2) is 5.71 Å². The first-order valence-corrected chi connectivity index (χ1v) is 3.83. The van der Waals surface area contributed by atoms with Gasteiger partial charge in [-0.05, 0) is 12.8 Å². The van der Waals surface area contributed by atoms with Gasteiger partial charge in [0.1, 0.15) is 14.1 Å². The number of rotatable bonds is 0. The van der Waals surface area contributed by atoms with E-state index in [9.17, 15) is 0 Å². The highest BCUT2D eigenvalue weighted by Gasteiger charge is 2.11. The Bertz CT molecular complexity index is 113. The first kappa shape index (κ1) is 6.79. The molecule has 1 rings (SSSR count). The number of hydrogen-bond acceptors (Lipinski definition) is 0. The Labute approximate surface area is 57.4 Å². The molecule has 0 aliphatic heterocycles. The van der Waals surface area contributed by atoms with Gasteiger partial charge >= 0.3 is 0 Å². The SMILES string of the molecule is C[N+](C)=C1CCCCC1. The van der Waals surface area contributed by atoms with Crippen molar-refractivity contribution in [3.8, 4) is 0 Å². The zero-order valence-corrected chi connectivity index (χ0v) is 6.48. The summed E-state index contributed by atoms with van der Waals surface area (Å²) in [4.78, 5) is 0. The molecule has 0 N–H and O–H groups in total. The van der Waals surface area contributed by atoms with Gasteiger partial charge in [-0.3, -0.25) is 0 Å². The lowest BCUT2D eigenvalue weighted by Gasteiger charge is -2.09. The highest BCUT2D eigenvalue weighted by Crippen LogP contribution is 2.13. The monoisotopic (exact) mass is 126 g/mol. The molecule has 1 nitrogen and oxygen atoms in total. The lowest BCUT2D eigenvalue weighted by Crippen LogP contribution is -2.16. The molecular formula is C8H16N+. The summed E-state index contributed by atoms with van der Waals surface area (Å²) >= 11 is 0. The fourth-order valence-corrected chi connectivity index (χ4v) is 1.41. The minimum absolute atomic E-state index is 1.34. The molecule has 0 aromatic rings. The minimum atomic E-state index is 1.34. The van der Waals surface area contributed by atoms with E-state index in [2.05, 4.69) is 18.7 Å². The van der Waals surface area contributed by atoms with Gasteiger partial charge in [-0.1, -0.05) is 6.42 Å². The average molecular weight is 126 g/mol. The summed E-state index contributed by atoms with van der Waals surface area (Å²) in [6.07, 6.45) is 6.94. The predicted molar refractivity (Wildman–Crippen MR) is 40.2 cm³/mol. The molecule has 0 atom stereocenters. The molecule has 1 saturated carbocycles. The van der Waals surface area contributed by atoms with Crippen LogP contribution in [0.1, 0.15) is 32.1 Å². The summed E-state index contributed by atoms with van der Waals surface area (Å²) in [7, 11) is 4.31. The molecule has 1 aliphatic carbocycles. The fourth-order valence-electron chi connectivity index (χ4n) is 1.41. The van der Waals surface area contributed by atoms with E-state index in [0.29, 0.717) is 0 Å². The summed E-state index contributed by atoms with van der Waals surface area (Å²) in [5.74, 6) is 0. The van der Waals surface area contributed by atoms with Crippen LogP contribution in [0.5, 0.6) is 0 Å². The third kappa shape index (κ3) is 1.81. The molecule has 1 fully saturated rings. The number of hydrogen-bond donors (Lipinski definition) is 0. The zero-order valence-electron chi connectivity index (χ0n) is 6.48. The maximum Gasteiger partial charge on any atom is 0.151 e. The zero-order chi connectivity index (χ0) is 6.69. The fraction of sp³-hybridized carbons (Fsp3) is 0.875. The van der Waals surface area contributed by atoms with Crippen molar-refractivity contribution in [2.45, 2.75) is 32.1 Å². The van der Waals surface area contributed by atoms with Gasteiger partial charge in [-0.2, -0.15) is 0 Å². The van der Waals surface area contributed by atoms with Crippen LogP contribution >= 0.6 is 0 Å². The van der Waals surface area contributed by atoms with Crippen LogP contribution in [-0.2, 0) is 0 Å². The second-order valence-electron chi connectivity index (χ2n) is 3.02. The first-order valence-electron chi connectivity index (χ1n) is 3.83. The second-order valence-corrected chi connectivity index (χ2v) is 3.02. The van der Waals surface area contributed by atoms with Crippen molar-refractivity contribution < 1.29 is 4.58 Å². The topological polar surface area (TPSA) is 3.01 Å². The van der Waals surface area contributed by atoms with Crippen LogP contribution < -0.4 is 0 Å². The van der Waals surface area contributed by atoms with E-state index >= 15 is 0 Å². The molecule has 0 aromatic heterocycles. The standard InChI is InChI=1S/C8H16N/c1-9(2)8-6-4-3-5-7-8/h3-7H2,1-2H3/q+1. The lowest BCUT2D eigenvalue weighted by atomic mass is 9.98. The Hall–Kier alpha value is -0.330. The molecule has 0 amide bonds. The van der Waals surface area contributed by atoms with Crippen molar-refractivity contribution in [1.29, 1.82) is 0 Å². The molecule has 9 heavy (non-hydrogen) atoms. The van der Waals surface area contributed by atoms with Crippen LogP contribution in [0.3, 0.4) is 0 Å². The van der Waals surface area contributed by atoms with Crippen LogP contribution in [0.15, 0.2) is 0 Å².